The molecule has 0 saturated heterocycles. The number of hydrogen-bond donors (Lipinski definition) is 0. The smallest absolute Gasteiger partial charge is 0.169 e. The Morgan fingerprint density at radius 3 is 0.889 bits per heavy atom. The predicted molar refractivity (Wildman–Crippen MR) is 315 cm³/mol. The van der Waals surface area contributed by atoms with Crippen molar-refractivity contribution >= 4 is 86.2 Å². The van der Waals surface area contributed by atoms with Gasteiger partial charge in [-0.05, 0) is 181 Å². The first-order valence-electron chi connectivity index (χ1n) is 27.6. The summed E-state index contributed by atoms with van der Waals surface area (Å²) in [6.07, 6.45) is 14.6. The molecule has 0 aromatic heterocycles. The highest BCUT2D eigenvalue weighted by Crippen LogP contribution is 2.48. The number of hydrogen-bond acceptors (Lipinski definition) is 2. The summed E-state index contributed by atoms with van der Waals surface area (Å²) in [7, 11) is 0. The van der Waals surface area contributed by atoms with E-state index in [2.05, 4.69) is 189 Å². The van der Waals surface area contributed by atoms with Gasteiger partial charge in [-0.3, -0.25) is 0 Å². The molecule has 11 rings (SSSR count). The predicted octanol–water partition coefficient (Wildman–Crippen LogP) is 21.2. The van der Waals surface area contributed by atoms with Gasteiger partial charge >= 0.3 is 0 Å². The van der Waals surface area contributed by atoms with Crippen LogP contribution in [-0.2, 0) is 10.8 Å². The van der Waals surface area contributed by atoms with Crippen LogP contribution in [0, 0.1) is 0 Å². The van der Waals surface area contributed by atoms with Gasteiger partial charge < -0.3 is 9.47 Å². The molecule has 366 valence electrons. The summed E-state index contributed by atoms with van der Waals surface area (Å²) in [5.41, 5.74) is 7.77. The average molecular weight is 947 g/mol. The van der Waals surface area contributed by atoms with E-state index in [1.54, 1.807) is 0 Å². The highest BCUT2D eigenvalue weighted by molar-refractivity contribution is 6.26. The lowest BCUT2D eigenvalue weighted by Crippen LogP contribution is -2.10. The molecule has 0 radical (unpaired) electrons. The summed E-state index contributed by atoms with van der Waals surface area (Å²) >= 11 is 0. The van der Waals surface area contributed by atoms with Crippen molar-refractivity contribution in [3.05, 3.63) is 145 Å². The second-order valence-electron chi connectivity index (χ2n) is 23.4. The van der Waals surface area contributed by atoms with Gasteiger partial charge in [0.1, 0.15) is 0 Å². The van der Waals surface area contributed by atoms with Crippen molar-refractivity contribution in [3.63, 3.8) is 0 Å². The van der Waals surface area contributed by atoms with Gasteiger partial charge in [-0.2, -0.15) is 0 Å². The Morgan fingerprint density at radius 2 is 0.583 bits per heavy atom. The Balaban J connectivity index is 1.06. The van der Waals surface area contributed by atoms with E-state index < -0.39 is 0 Å². The third-order valence-corrected chi connectivity index (χ3v) is 16.0. The summed E-state index contributed by atoms with van der Waals surface area (Å²) in [6.45, 7) is 19.8. The SMILES string of the molecule is CCCCCCCCOc1c(OCCCCCCCC)c2ccc(-c3cc4ccc5cc(C(C)(C)C)cc6ccc(c3)c4c56)cc2c2cc(-c3cc4ccc5cc(C(C)(C)C)cc6ccc(c3)c4c56)ccc12. The molecule has 72 heavy (non-hydrogen) atoms. The summed E-state index contributed by atoms with van der Waals surface area (Å²) in [6, 6.07) is 52.1. The fourth-order valence-electron chi connectivity index (χ4n) is 11.8. The van der Waals surface area contributed by atoms with Crippen LogP contribution in [0.3, 0.4) is 0 Å². The summed E-state index contributed by atoms with van der Waals surface area (Å²) in [5.74, 6) is 1.78. The van der Waals surface area contributed by atoms with E-state index in [0.717, 1.165) is 35.1 Å². The minimum absolute atomic E-state index is 0.0815. The molecule has 0 saturated carbocycles. The zero-order chi connectivity index (χ0) is 49.7. The zero-order valence-corrected chi connectivity index (χ0v) is 44.4. The van der Waals surface area contributed by atoms with Gasteiger partial charge in [0.05, 0.1) is 13.2 Å². The molecule has 2 nitrogen and oxygen atoms in total. The van der Waals surface area contributed by atoms with Gasteiger partial charge in [0.15, 0.2) is 11.5 Å². The number of benzene rings is 11. The van der Waals surface area contributed by atoms with E-state index in [0.29, 0.717) is 13.2 Å². The third kappa shape index (κ3) is 9.09. The van der Waals surface area contributed by atoms with Crippen LogP contribution >= 0.6 is 0 Å². The minimum atomic E-state index is 0.0815. The Kier molecular flexibility index (Phi) is 13.0. The molecule has 0 amide bonds. The Hall–Kier alpha value is -6.38. The number of rotatable bonds is 18. The van der Waals surface area contributed by atoms with Crippen LogP contribution < -0.4 is 9.47 Å². The maximum absolute atomic E-state index is 7.01. The van der Waals surface area contributed by atoms with Crippen LogP contribution in [0.1, 0.15) is 144 Å². The van der Waals surface area contributed by atoms with Gasteiger partial charge in [-0.15, -0.1) is 0 Å². The quantitative estimate of drug-likeness (QED) is 0.0630. The molecule has 0 N–H and O–H groups in total. The lowest BCUT2D eigenvalue weighted by Gasteiger charge is -2.22. The van der Waals surface area contributed by atoms with Crippen LogP contribution in [0.4, 0.5) is 0 Å². The molecule has 0 atom stereocenters. The first-order valence-corrected chi connectivity index (χ1v) is 27.6. The molecule has 11 aromatic rings. The lowest BCUT2D eigenvalue weighted by atomic mass is 9.83. The largest absolute Gasteiger partial charge is 0.489 e. The van der Waals surface area contributed by atoms with E-state index in [9.17, 15) is 0 Å². The van der Waals surface area contributed by atoms with Crippen LogP contribution in [0.5, 0.6) is 11.5 Å². The van der Waals surface area contributed by atoms with Crippen molar-refractivity contribution in [1.82, 2.24) is 0 Å². The van der Waals surface area contributed by atoms with Crippen molar-refractivity contribution < 1.29 is 9.47 Å². The van der Waals surface area contributed by atoms with Crippen LogP contribution in [0.2, 0.25) is 0 Å². The van der Waals surface area contributed by atoms with E-state index in [1.165, 1.54) is 173 Å². The first kappa shape index (κ1) is 47.9. The number of ether oxygens (including phenoxy) is 2. The minimum Gasteiger partial charge on any atom is -0.489 e. The zero-order valence-electron chi connectivity index (χ0n) is 44.4. The molecule has 0 aliphatic rings. The fourth-order valence-corrected chi connectivity index (χ4v) is 11.8. The molecule has 0 fully saturated rings. The van der Waals surface area contributed by atoms with E-state index in [1.807, 2.05) is 0 Å². The topological polar surface area (TPSA) is 18.5 Å². The molecule has 0 heterocycles. The van der Waals surface area contributed by atoms with Crippen LogP contribution in [-0.4, -0.2) is 13.2 Å². The number of fused-ring (bicyclic) bond motifs is 3. The molecule has 0 aliphatic carbocycles. The number of unbranched alkanes of at least 4 members (excludes halogenated alkanes) is 10. The average Bonchev–Trinajstić information content (AvgIpc) is 3.38. The van der Waals surface area contributed by atoms with Crippen molar-refractivity contribution in [2.24, 2.45) is 0 Å². The highest BCUT2D eigenvalue weighted by atomic mass is 16.5. The first-order chi connectivity index (χ1) is 34.9. The van der Waals surface area contributed by atoms with Gasteiger partial charge in [0, 0.05) is 10.8 Å². The lowest BCUT2D eigenvalue weighted by molar-refractivity contribution is 0.263. The molecule has 0 bridgehead atoms. The normalized spacial score (nSPS) is 12.7. The third-order valence-electron chi connectivity index (χ3n) is 16.0. The van der Waals surface area contributed by atoms with E-state index in [4.69, 9.17) is 9.47 Å². The van der Waals surface area contributed by atoms with Crippen molar-refractivity contribution in [2.45, 2.75) is 143 Å². The summed E-state index contributed by atoms with van der Waals surface area (Å²) in [5, 5.41) is 20.4. The molecule has 0 unspecified atom stereocenters. The van der Waals surface area contributed by atoms with E-state index >= 15 is 0 Å². The van der Waals surface area contributed by atoms with E-state index in [-0.39, 0.29) is 10.8 Å². The fraction of sp³-hybridized carbons (Fsp3) is 0.343. The monoisotopic (exact) mass is 947 g/mol. The van der Waals surface area contributed by atoms with Gasteiger partial charge in [0.25, 0.3) is 0 Å². The van der Waals surface area contributed by atoms with Crippen molar-refractivity contribution in [3.8, 4) is 33.8 Å². The summed E-state index contributed by atoms with van der Waals surface area (Å²) < 4.78 is 14.0. The molecule has 2 heteroatoms. The molecular formula is C70H74O2. The van der Waals surface area contributed by atoms with Crippen molar-refractivity contribution in [2.75, 3.05) is 13.2 Å². The van der Waals surface area contributed by atoms with Crippen LogP contribution in [0.25, 0.3) is 108 Å². The van der Waals surface area contributed by atoms with Crippen molar-refractivity contribution in [1.29, 1.82) is 0 Å². The second-order valence-corrected chi connectivity index (χ2v) is 23.4. The maximum Gasteiger partial charge on any atom is 0.169 e. The molecule has 0 aliphatic heterocycles. The molecule has 0 spiro atoms. The highest BCUT2D eigenvalue weighted by Gasteiger charge is 2.23. The maximum atomic E-state index is 7.01. The van der Waals surface area contributed by atoms with Crippen LogP contribution in [0.15, 0.2) is 133 Å². The second kappa shape index (κ2) is 19.6. The standard InChI is InChI=1S/C70H74O2/c1-9-11-13-15-17-19-33-71-67-59-31-29-45(55-35-47-21-25-51-39-57(69(3,4)5)40-52-26-22-48(36-55)63(47)65(51)52)43-61(59)62-44-46(30-32-60(62)68(67)72-34-20-18-16-14-12-10-2)56-37-49-23-27-53-41-58(70(6,7)8)42-54-28-24-50(38-56)64(49)66(53)54/h21-32,35-44H,9-20,33-34H2,1-8H3. The Bertz CT molecular complexity index is 3360. The Labute approximate surface area is 428 Å². The molecular weight excluding hydrogens is 873 g/mol. The Morgan fingerprint density at radius 1 is 0.292 bits per heavy atom. The summed E-state index contributed by atoms with van der Waals surface area (Å²) in [4.78, 5) is 0. The van der Waals surface area contributed by atoms with Gasteiger partial charge in [-0.1, -0.05) is 205 Å². The van der Waals surface area contributed by atoms with Gasteiger partial charge in [-0.25, -0.2) is 0 Å². The molecule has 11 aromatic carbocycles. The van der Waals surface area contributed by atoms with Gasteiger partial charge in [0.2, 0.25) is 0 Å².